The van der Waals surface area contributed by atoms with Gasteiger partial charge in [-0.1, -0.05) is 24.6 Å². The zero-order valence-electron chi connectivity index (χ0n) is 17.2. The van der Waals surface area contributed by atoms with E-state index in [2.05, 4.69) is 5.32 Å². The van der Waals surface area contributed by atoms with Crippen molar-refractivity contribution in [3.63, 3.8) is 0 Å². The quantitative estimate of drug-likeness (QED) is 0.574. The molecule has 160 valence electrons. The molecular formula is C22H23ClFNO5. The van der Waals surface area contributed by atoms with E-state index in [4.69, 9.17) is 21.1 Å². The second-order valence-electron chi connectivity index (χ2n) is 7.39. The summed E-state index contributed by atoms with van der Waals surface area (Å²) in [6, 6.07) is 4.15. The summed E-state index contributed by atoms with van der Waals surface area (Å²) in [7, 11) is 1.21. The Balaban J connectivity index is 2.24. The number of nitrogens with one attached hydrogen (secondary N) is 1. The summed E-state index contributed by atoms with van der Waals surface area (Å²) in [5.41, 5.74) is 1.21. The Labute approximate surface area is 179 Å². The maximum absolute atomic E-state index is 14.9. The molecule has 0 aromatic heterocycles. The molecule has 8 heteroatoms. The number of benzene rings is 1. The molecule has 1 N–H and O–H groups in total. The van der Waals surface area contributed by atoms with Crippen molar-refractivity contribution < 1.29 is 28.2 Å². The number of ketones is 1. The Morgan fingerprint density at radius 2 is 2.03 bits per heavy atom. The zero-order chi connectivity index (χ0) is 22.2. The second kappa shape index (κ2) is 8.60. The Hall–Kier alpha value is -2.67. The molecule has 1 aliphatic heterocycles. The molecule has 0 spiro atoms. The van der Waals surface area contributed by atoms with Crippen LogP contribution in [0.15, 0.2) is 40.7 Å². The highest BCUT2D eigenvalue weighted by Crippen LogP contribution is 2.47. The molecule has 3 atom stereocenters. The molecule has 0 bridgehead atoms. The van der Waals surface area contributed by atoms with E-state index in [1.807, 2.05) is 0 Å². The van der Waals surface area contributed by atoms with E-state index in [0.717, 1.165) is 0 Å². The van der Waals surface area contributed by atoms with Crippen LogP contribution in [0.1, 0.15) is 38.7 Å². The van der Waals surface area contributed by atoms with Gasteiger partial charge in [0.1, 0.15) is 11.7 Å². The lowest BCUT2D eigenvalue weighted by molar-refractivity contribution is -0.153. The number of rotatable bonds is 4. The van der Waals surface area contributed by atoms with Crippen molar-refractivity contribution in [1.82, 2.24) is 5.32 Å². The first-order valence-electron chi connectivity index (χ1n) is 9.66. The van der Waals surface area contributed by atoms with E-state index in [9.17, 15) is 18.8 Å². The lowest BCUT2D eigenvalue weighted by Crippen LogP contribution is -2.43. The van der Waals surface area contributed by atoms with Gasteiger partial charge in [0.25, 0.3) is 0 Å². The maximum atomic E-state index is 14.9. The topological polar surface area (TPSA) is 81.7 Å². The van der Waals surface area contributed by atoms with Crippen molar-refractivity contribution in [3.05, 3.63) is 57.1 Å². The second-order valence-corrected chi connectivity index (χ2v) is 7.80. The van der Waals surface area contributed by atoms with E-state index in [0.29, 0.717) is 17.8 Å². The maximum Gasteiger partial charge on any atom is 0.336 e. The van der Waals surface area contributed by atoms with Crippen molar-refractivity contribution in [3.8, 4) is 0 Å². The summed E-state index contributed by atoms with van der Waals surface area (Å²) in [6.45, 7) is 5.23. The first-order chi connectivity index (χ1) is 14.2. The third-order valence-electron chi connectivity index (χ3n) is 5.52. The monoisotopic (exact) mass is 435 g/mol. The molecular weight excluding hydrogens is 413 g/mol. The van der Waals surface area contributed by atoms with E-state index in [1.165, 1.54) is 25.3 Å². The minimum atomic E-state index is -1.10. The number of dihydropyridines is 1. The minimum Gasteiger partial charge on any atom is -0.466 e. The molecule has 1 aliphatic carbocycles. The Morgan fingerprint density at radius 3 is 2.63 bits per heavy atom. The van der Waals surface area contributed by atoms with Gasteiger partial charge in [-0.15, -0.1) is 0 Å². The fourth-order valence-electron chi connectivity index (χ4n) is 4.24. The number of hydrogen-bond acceptors (Lipinski definition) is 6. The normalized spacial score (nSPS) is 23.7. The summed E-state index contributed by atoms with van der Waals surface area (Å²) in [5.74, 6) is -4.98. The van der Waals surface area contributed by atoms with E-state index < -0.39 is 35.4 Å². The van der Waals surface area contributed by atoms with Crippen LogP contribution in [0.25, 0.3) is 0 Å². The molecule has 0 amide bonds. The number of allylic oxidation sites excluding steroid dienone is 3. The smallest absolute Gasteiger partial charge is 0.336 e. The minimum absolute atomic E-state index is 0.00146. The van der Waals surface area contributed by atoms with Crippen LogP contribution in [0.3, 0.4) is 0 Å². The van der Waals surface area contributed by atoms with E-state index >= 15 is 0 Å². The predicted molar refractivity (Wildman–Crippen MR) is 108 cm³/mol. The van der Waals surface area contributed by atoms with Crippen molar-refractivity contribution in [2.45, 2.75) is 33.1 Å². The van der Waals surface area contributed by atoms with Crippen molar-refractivity contribution >= 4 is 29.3 Å². The lowest BCUT2D eigenvalue weighted by Gasteiger charge is -2.38. The molecule has 1 heterocycles. The molecule has 0 fully saturated rings. The van der Waals surface area contributed by atoms with Gasteiger partial charge < -0.3 is 14.8 Å². The predicted octanol–water partition coefficient (Wildman–Crippen LogP) is 3.66. The number of carbonyl (C=O) groups is 3. The van der Waals surface area contributed by atoms with Crippen LogP contribution in [0.2, 0.25) is 5.02 Å². The van der Waals surface area contributed by atoms with Gasteiger partial charge in [0, 0.05) is 27.6 Å². The highest BCUT2D eigenvalue weighted by molar-refractivity contribution is 6.31. The molecule has 0 saturated carbocycles. The molecule has 3 rings (SSSR count). The van der Waals surface area contributed by atoms with Gasteiger partial charge in [0.05, 0.1) is 25.2 Å². The SMILES string of the molecule is CCOC(=O)C1C(=O)C2=C(CC1C)NC(C)=C(C(=O)OC)C2c1c(F)cccc1Cl. The number of Topliss-reactive ketones (excluding diaryl/α,β-unsaturated/α-hetero) is 1. The third-order valence-corrected chi connectivity index (χ3v) is 5.85. The average molecular weight is 436 g/mol. The largest absolute Gasteiger partial charge is 0.466 e. The number of carbonyl (C=O) groups excluding carboxylic acids is 3. The van der Waals surface area contributed by atoms with E-state index in [1.54, 1.807) is 20.8 Å². The van der Waals surface area contributed by atoms with Crippen LogP contribution < -0.4 is 5.32 Å². The highest BCUT2D eigenvalue weighted by Gasteiger charge is 2.48. The fourth-order valence-corrected chi connectivity index (χ4v) is 4.51. The number of ether oxygens (including phenoxy) is 2. The van der Waals surface area contributed by atoms with Gasteiger partial charge in [0.2, 0.25) is 0 Å². The lowest BCUT2D eigenvalue weighted by atomic mass is 9.69. The first kappa shape index (κ1) is 22.0. The summed E-state index contributed by atoms with van der Waals surface area (Å²) < 4.78 is 24.9. The molecule has 0 radical (unpaired) electrons. The van der Waals surface area contributed by atoms with Gasteiger partial charge in [0.15, 0.2) is 5.78 Å². The summed E-state index contributed by atoms with van der Waals surface area (Å²) in [5, 5.41) is 3.17. The fraction of sp³-hybridized carbons (Fsp3) is 0.409. The van der Waals surface area contributed by atoms with Crippen LogP contribution in [0.5, 0.6) is 0 Å². The molecule has 0 saturated heterocycles. The zero-order valence-corrected chi connectivity index (χ0v) is 17.9. The number of esters is 2. The van der Waals surface area contributed by atoms with Crippen LogP contribution in [0.4, 0.5) is 4.39 Å². The van der Waals surface area contributed by atoms with Gasteiger partial charge >= 0.3 is 11.9 Å². The Bertz CT molecular complexity index is 963. The molecule has 6 nitrogen and oxygen atoms in total. The molecule has 1 aromatic rings. The standard InChI is InChI=1S/C22H23ClFNO5/c1-5-30-22(28)15-10(2)9-14-18(20(15)26)19(16(11(3)25-14)21(27)29-4)17-12(23)7-6-8-13(17)24/h6-8,10,15,19,25H,5,9H2,1-4H3. The van der Waals surface area contributed by atoms with Gasteiger partial charge in [-0.2, -0.15) is 0 Å². The van der Waals surface area contributed by atoms with Gasteiger partial charge in [-0.3, -0.25) is 9.59 Å². The van der Waals surface area contributed by atoms with Gasteiger partial charge in [-0.25, -0.2) is 9.18 Å². The highest BCUT2D eigenvalue weighted by atomic mass is 35.5. The van der Waals surface area contributed by atoms with Crippen LogP contribution in [-0.2, 0) is 23.9 Å². The Kier molecular flexibility index (Phi) is 6.31. The molecule has 3 unspecified atom stereocenters. The van der Waals surface area contributed by atoms with Crippen LogP contribution >= 0.6 is 11.6 Å². The number of hydrogen-bond donors (Lipinski definition) is 1. The number of methoxy groups -OCH3 is 1. The summed E-state index contributed by atoms with van der Waals surface area (Å²) >= 11 is 6.32. The average Bonchev–Trinajstić information content (AvgIpc) is 2.67. The molecule has 2 aliphatic rings. The van der Waals surface area contributed by atoms with Crippen LogP contribution in [-0.4, -0.2) is 31.4 Å². The Morgan fingerprint density at radius 1 is 1.33 bits per heavy atom. The van der Waals surface area contributed by atoms with Crippen LogP contribution in [0, 0.1) is 17.7 Å². The number of halogens is 2. The summed E-state index contributed by atoms with van der Waals surface area (Å²) in [6.07, 6.45) is 0.360. The molecule has 30 heavy (non-hydrogen) atoms. The first-order valence-corrected chi connectivity index (χ1v) is 10.0. The molecule has 1 aromatic carbocycles. The van der Waals surface area contributed by atoms with Gasteiger partial charge in [-0.05, 0) is 38.3 Å². The van der Waals surface area contributed by atoms with E-state index in [-0.39, 0.29) is 34.3 Å². The van der Waals surface area contributed by atoms with Crippen molar-refractivity contribution in [1.29, 1.82) is 0 Å². The van der Waals surface area contributed by atoms with Crippen molar-refractivity contribution in [2.24, 2.45) is 11.8 Å². The third kappa shape index (κ3) is 3.62. The van der Waals surface area contributed by atoms with Crippen molar-refractivity contribution in [2.75, 3.05) is 13.7 Å². The summed E-state index contributed by atoms with van der Waals surface area (Å²) in [4.78, 5) is 38.7.